The van der Waals surface area contributed by atoms with E-state index in [1.54, 1.807) is 7.05 Å². The molecule has 0 spiro atoms. The van der Waals surface area contributed by atoms with Gasteiger partial charge in [0.2, 0.25) is 0 Å². The number of aromatic nitrogens is 1. The van der Waals surface area contributed by atoms with E-state index in [2.05, 4.69) is 49.9 Å². The number of hydrogen-bond acceptors (Lipinski definition) is 5. The van der Waals surface area contributed by atoms with Gasteiger partial charge in [-0.2, -0.15) is 0 Å². The second-order valence-electron chi connectivity index (χ2n) is 7.86. The number of aliphatic imine (C=N–C) groups is 1. The fraction of sp³-hybridized carbons (Fsp3) is 0.667. The van der Waals surface area contributed by atoms with Gasteiger partial charge in [0.25, 0.3) is 0 Å². The molecule has 30 heavy (non-hydrogen) atoms. The van der Waals surface area contributed by atoms with Crippen LogP contribution in [0.15, 0.2) is 23.3 Å². The minimum Gasteiger partial charge on any atom is -0.450 e. The molecule has 1 aromatic rings. The first-order valence-corrected chi connectivity index (χ1v) is 10.7. The maximum absolute atomic E-state index is 11.8. The molecule has 1 aliphatic carbocycles. The van der Waals surface area contributed by atoms with Crippen molar-refractivity contribution in [2.45, 2.75) is 51.6 Å². The number of nitrogens with zero attached hydrogens (tertiary/aromatic N) is 3. The number of rotatable bonds is 7. The van der Waals surface area contributed by atoms with Gasteiger partial charge in [-0.3, -0.25) is 4.99 Å². The number of hydrogen-bond donors (Lipinski definition) is 3. The molecule has 1 aliphatic heterocycles. The average Bonchev–Trinajstić information content (AvgIpc) is 3.56. The molecule has 0 aromatic carbocycles. The van der Waals surface area contributed by atoms with E-state index >= 15 is 0 Å². The van der Waals surface area contributed by atoms with E-state index in [9.17, 15) is 4.79 Å². The van der Waals surface area contributed by atoms with Crippen LogP contribution in [0, 0.1) is 12.8 Å². The summed E-state index contributed by atoms with van der Waals surface area (Å²) in [7, 11) is 1.78. The van der Waals surface area contributed by atoms with Gasteiger partial charge in [0.05, 0.1) is 12.6 Å². The van der Waals surface area contributed by atoms with Gasteiger partial charge in [0, 0.05) is 38.9 Å². The van der Waals surface area contributed by atoms with Gasteiger partial charge < -0.3 is 25.6 Å². The molecule has 9 heteroatoms. The molecule has 1 amide bonds. The Morgan fingerprint density at radius 1 is 1.30 bits per heavy atom. The van der Waals surface area contributed by atoms with Crippen molar-refractivity contribution in [3.8, 4) is 0 Å². The summed E-state index contributed by atoms with van der Waals surface area (Å²) in [6, 6.07) is 4.65. The molecule has 1 saturated heterocycles. The van der Waals surface area contributed by atoms with E-state index in [0.717, 1.165) is 50.6 Å². The zero-order valence-electron chi connectivity index (χ0n) is 18.2. The topological polar surface area (TPSA) is 90.9 Å². The van der Waals surface area contributed by atoms with E-state index in [0.29, 0.717) is 25.1 Å². The molecule has 1 aromatic heterocycles. The van der Waals surface area contributed by atoms with Crippen molar-refractivity contribution in [3.05, 3.63) is 23.9 Å². The van der Waals surface area contributed by atoms with Gasteiger partial charge in [-0.05, 0) is 57.1 Å². The molecular formula is C21H35IN6O2. The molecule has 1 saturated carbocycles. The van der Waals surface area contributed by atoms with Crippen LogP contribution in [-0.4, -0.2) is 62.4 Å². The van der Waals surface area contributed by atoms with Crippen LogP contribution in [0.2, 0.25) is 0 Å². The Bertz CT molecular complexity index is 687. The molecule has 3 rings (SSSR count). The van der Waals surface area contributed by atoms with Gasteiger partial charge in [-0.1, -0.05) is 6.07 Å². The smallest absolute Gasteiger partial charge is 0.407 e. The molecule has 1 atom stereocenters. The van der Waals surface area contributed by atoms with E-state index in [1.165, 1.54) is 5.56 Å². The highest BCUT2D eigenvalue weighted by atomic mass is 127. The van der Waals surface area contributed by atoms with Crippen molar-refractivity contribution in [2.24, 2.45) is 10.9 Å². The molecule has 0 radical (unpaired) electrons. The Balaban J connectivity index is 0.00000320. The minimum absolute atomic E-state index is 0. The lowest BCUT2D eigenvalue weighted by Gasteiger charge is -2.34. The summed E-state index contributed by atoms with van der Waals surface area (Å²) in [6.07, 6.45) is 5.94. The molecular weight excluding hydrogens is 495 g/mol. The average molecular weight is 530 g/mol. The maximum atomic E-state index is 11.8. The second kappa shape index (κ2) is 12.2. The number of amides is 1. The molecule has 168 valence electrons. The number of ether oxygens (including phenoxy) is 1. The monoisotopic (exact) mass is 530 g/mol. The van der Waals surface area contributed by atoms with Gasteiger partial charge in [0.15, 0.2) is 5.96 Å². The Labute approximate surface area is 196 Å². The van der Waals surface area contributed by atoms with Gasteiger partial charge in [-0.25, -0.2) is 9.78 Å². The van der Waals surface area contributed by atoms with Crippen LogP contribution in [0.5, 0.6) is 0 Å². The lowest BCUT2D eigenvalue weighted by molar-refractivity contribution is 0.146. The zero-order valence-corrected chi connectivity index (χ0v) is 20.5. The number of alkyl carbamates (subject to hydrolysis) is 1. The molecule has 2 aliphatic rings. The quantitative estimate of drug-likeness (QED) is 0.286. The molecule has 1 unspecified atom stereocenters. The Kier molecular flexibility index (Phi) is 9.93. The lowest BCUT2D eigenvalue weighted by atomic mass is 10.1. The van der Waals surface area contributed by atoms with E-state index in [-0.39, 0.29) is 36.1 Å². The summed E-state index contributed by atoms with van der Waals surface area (Å²) in [5.74, 6) is 2.36. The number of carbonyl (C=O) groups is 1. The van der Waals surface area contributed by atoms with Gasteiger partial charge in [0.1, 0.15) is 5.82 Å². The summed E-state index contributed by atoms with van der Waals surface area (Å²) in [5.41, 5.74) is 1.18. The third kappa shape index (κ3) is 7.48. The summed E-state index contributed by atoms with van der Waals surface area (Å²) in [4.78, 5) is 23.0. The molecule has 0 bridgehead atoms. The predicted octanol–water partition coefficient (Wildman–Crippen LogP) is 2.67. The van der Waals surface area contributed by atoms with Gasteiger partial charge >= 0.3 is 6.09 Å². The molecule has 3 N–H and O–H groups in total. The summed E-state index contributed by atoms with van der Waals surface area (Å²) >= 11 is 0. The highest BCUT2D eigenvalue weighted by molar-refractivity contribution is 14.0. The van der Waals surface area contributed by atoms with Crippen LogP contribution < -0.4 is 20.9 Å². The molecule has 2 heterocycles. The Morgan fingerprint density at radius 2 is 2.03 bits per heavy atom. The number of aryl methyl sites for hydroxylation is 1. The van der Waals surface area contributed by atoms with Crippen molar-refractivity contribution >= 4 is 41.8 Å². The van der Waals surface area contributed by atoms with Gasteiger partial charge in [-0.15, -0.1) is 24.0 Å². The third-order valence-corrected chi connectivity index (χ3v) is 5.54. The highest BCUT2D eigenvalue weighted by Crippen LogP contribution is 2.32. The zero-order chi connectivity index (χ0) is 20.6. The van der Waals surface area contributed by atoms with Crippen LogP contribution in [0.1, 0.15) is 38.2 Å². The fourth-order valence-electron chi connectivity index (χ4n) is 3.65. The first kappa shape index (κ1) is 24.5. The maximum Gasteiger partial charge on any atom is 0.407 e. The van der Waals surface area contributed by atoms with Crippen LogP contribution >= 0.6 is 24.0 Å². The Morgan fingerprint density at radius 3 is 2.60 bits per heavy atom. The van der Waals surface area contributed by atoms with Crippen molar-refractivity contribution in [1.82, 2.24) is 20.9 Å². The standard InChI is InChI=1S/C21H34N6O2.HI/c1-4-29-21(28)26-18(16-6-7-16)14-24-20(22-3)25-17-9-11-27(12-10-17)19-8-5-15(2)13-23-19;/h5,8,13,16-18H,4,6-7,9-12,14H2,1-3H3,(H,26,28)(H2,22,24,25);1H. The summed E-state index contributed by atoms with van der Waals surface area (Å²) < 4.78 is 5.02. The first-order valence-electron chi connectivity index (χ1n) is 10.7. The SMILES string of the molecule is CCOC(=O)NC(CNC(=NC)NC1CCN(c2ccc(C)cn2)CC1)C1CC1.I. The minimum atomic E-state index is -0.341. The van der Waals surface area contributed by atoms with Crippen molar-refractivity contribution in [1.29, 1.82) is 0 Å². The summed E-state index contributed by atoms with van der Waals surface area (Å²) in [5, 5.41) is 9.88. The lowest BCUT2D eigenvalue weighted by Crippen LogP contribution is -2.52. The van der Waals surface area contributed by atoms with Crippen LogP contribution in [0.3, 0.4) is 0 Å². The van der Waals surface area contributed by atoms with Crippen LogP contribution in [0.4, 0.5) is 10.6 Å². The van der Waals surface area contributed by atoms with E-state index in [4.69, 9.17) is 4.74 Å². The van der Waals surface area contributed by atoms with Crippen LogP contribution in [0.25, 0.3) is 0 Å². The van der Waals surface area contributed by atoms with Crippen molar-refractivity contribution in [3.63, 3.8) is 0 Å². The Hall–Kier alpha value is -1.78. The number of piperidine rings is 1. The molecule has 8 nitrogen and oxygen atoms in total. The number of pyridine rings is 1. The fourth-order valence-corrected chi connectivity index (χ4v) is 3.65. The number of halogens is 1. The van der Waals surface area contributed by atoms with E-state index < -0.39 is 0 Å². The number of carbonyl (C=O) groups excluding carboxylic acids is 1. The highest BCUT2D eigenvalue weighted by Gasteiger charge is 2.32. The number of nitrogens with one attached hydrogen (secondary N) is 3. The van der Waals surface area contributed by atoms with Crippen molar-refractivity contribution in [2.75, 3.05) is 38.2 Å². The molecule has 2 fully saturated rings. The first-order chi connectivity index (χ1) is 14.1. The summed E-state index contributed by atoms with van der Waals surface area (Å²) in [6.45, 7) is 6.85. The normalized spacial score (nSPS) is 18.2. The second-order valence-corrected chi connectivity index (χ2v) is 7.86. The van der Waals surface area contributed by atoms with Crippen LogP contribution in [-0.2, 0) is 4.74 Å². The third-order valence-electron chi connectivity index (χ3n) is 5.54. The number of anilines is 1. The predicted molar refractivity (Wildman–Crippen MR) is 131 cm³/mol. The van der Waals surface area contributed by atoms with E-state index in [1.807, 2.05) is 13.1 Å². The van der Waals surface area contributed by atoms with Crippen molar-refractivity contribution < 1.29 is 9.53 Å². The number of guanidine groups is 1. The largest absolute Gasteiger partial charge is 0.450 e.